The van der Waals surface area contributed by atoms with E-state index in [1.165, 1.54) is 0 Å². The van der Waals surface area contributed by atoms with Crippen LogP contribution in [0.2, 0.25) is 0 Å². The number of ether oxygens (including phenoxy) is 2. The second-order valence-electron chi connectivity index (χ2n) is 5.57. The minimum absolute atomic E-state index is 0. The molecule has 1 saturated heterocycles. The fourth-order valence-electron chi connectivity index (χ4n) is 2.63. The molecule has 3 rings (SSSR count). The number of urea groups is 1. The summed E-state index contributed by atoms with van der Waals surface area (Å²) in [7, 11) is 1.63. The van der Waals surface area contributed by atoms with Gasteiger partial charge < -0.3 is 12.2 Å². The minimum Gasteiger partial charge on any atom is -0.358 e. The molecule has 2 amide bonds. The first kappa shape index (κ1) is 20.1. The smallest absolute Gasteiger partial charge is 0.358 e. The molecule has 6 heteroatoms. The van der Waals surface area contributed by atoms with Crippen molar-refractivity contribution in [3.05, 3.63) is 55.5 Å². The molecule has 0 atom stereocenters. The molecule has 26 heavy (non-hydrogen) atoms. The van der Waals surface area contributed by atoms with Crippen LogP contribution in [0, 0.1) is 13.5 Å². The van der Waals surface area contributed by atoms with Crippen molar-refractivity contribution in [1.82, 2.24) is 4.90 Å². The standard InChI is InChI=1S/C19H19N2O3.CH3.Ni/c1-14-13-17(23-2)7-8-18(14)15-3-5-16(6-4-15)20-19(22)21-9-11-24-12-10-21;;/h1,3,5-8,13H,9-12H2,2H3,(H,20,22);1H3;/q2*-1;. The van der Waals surface area contributed by atoms with E-state index in [2.05, 4.69) is 11.4 Å². The molecule has 0 aliphatic carbocycles. The van der Waals surface area contributed by atoms with Crippen LogP contribution in [0.1, 0.15) is 5.56 Å². The predicted octanol–water partition coefficient (Wildman–Crippen LogP) is 3.17. The van der Waals surface area contributed by atoms with Gasteiger partial charge in [0.2, 0.25) is 0 Å². The van der Waals surface area contributed by atoms with Crippen LogP contribution in [0.3, 0.4) is 0 Å². The summed E-state index contributed by atoms with van der Waals surface area (Å²) in [5.74, 6) is 0.765. The second kappa shape index (κ2) is 9.51. The number of carbonyl (C=O) groups excluding carboxylic acids is 1. The van der Waals surface area contributed by atoms with E-state index < -0.39 is 0 Å². The number of hydrogen-bond donors (Lipinski definition) is 1. The first-order valence-corrected chi connectivity index (χ1v) is 8.52. The molecular weight excluding hydrogens is 375 g/mol. The van der Waals surface area contributed by atoms with Gasteiger partial charge in [0.1, 0.15) is 0 Å². The summed E-state index contributed by atoms with van der Waals surface area (Å²) in [5.41, 5.74) is 3.52. The Morgan fingerprint density at radius 3 is 2.69 bits per heavy atom. The average molecular weight is 397 g/mol. The molecule has 142 valence electrons. The Bertz CT molecular complexity index is 756. The molecule has 1 aliphatic heterocycles. The van der Waals surface area contributed by atoms with E-state index in [0.717, 1.165) is 22.4 Å². The Morgan fingerprint density at radius 2 is 2.08 bits per heavy atom. The normalized spacial score (nSPS) is 13.6. The van der Waals surface area contributed by atoms with E-state index in [0.29, 0.717) is 32.0 Å². The molecule has 0 unspecified atom stereocenters. The van der Waals surface area contributed by atoms with Gasteiger partial charge in [-0.05, 0) is 0 Å². The molecule has 1 aliphatic rings. The van der Waals surface area contributed by atoms with Crippen molar-refractivity contribution in [2.45, 2.75) is 0 Å². The van der Waals surface area contributed by atoms with Crippen LogP contribution in [0.25, 0.3) is 11.1 Å². The summed E-state index contributed by atoms with van der Waals surface area (Å²) in [6.07, 6.45) is 0. The quantitative estimate of drug-likeness (QED) is 0.637. The number of methoxy groups -OCH3 is 1. The van der Waals surface area contributed by atoms with Crippen molar-refractivity contribution >= 4 is 16.7 Å². The topological polar surface area (TPSA) is 50.8 Å². The van der Waals surface area contributed by atoms with Gasteiger partial charge in [-0.1, -0.05) is 0 Å². The Hall–Kier alpha value is -2.17. The molecule has 0 bridgehead atoms. The number of hydrogen-bond acceptors (Lipinski definition) is 3. The van der Waals surface area contributed by atoms with E-state index in [1.54, 1.807) is 23.1 Å². The molecule has 0 radical (unpaired) electrons. The molecule has 0 saturated carbocycles. The van der Waals surface area contributed by atoms with Crippen molar-refractivity contribution in [3.8, 4) is 16.9 Å². The number of benzene rings is 2. The van der Waals surface area contributed by atoms with Crippen molar-refractivity contribution in [2.75, 3.05) is 38.7 Å². The summed E-state index contributed by atoms with van der Waals surface area (Å²) in [5, 5.41) is 2.89. The number of carbonyl (C=O) groups is 1. The number of nitrogens with one attached hydrogen (secondary N) is 1. The minimum atomic E-state index is -0.115. The van der Waals surface area contributed by atoms with Gasteiger partial charge in [0.25, 0.3) is 0 Å². The zero-order valence-corrected chi connectivity index (χ0v) is 15.8. The maximum Gasteiger partial charge on any atom is -0.358 e. The van der Waals surface area contributed by atoms with Gasteiger partial charge in [0, 0.05) is 0 Å². The van der Waals surface area contributed by atoms with Crippen LogP contribution in [0.4, 0.5) is 10.5 Å². The summed E-state index contributed by atoms with van der Waals surface area (Å²) >= 11 is 4.79. The van der Waals surface area contributed by atoms with Gasteiger partial charge in [-0.3, -0.25) is 0 Å². The molecule has 1 heterocycles. The number of anilines is 1. The van der Waals surface area contributed by atoms with E-state index in [-0.39, 0.29) is 13.5 Å². The number of morpholine rings is 1. The summed E-state index contributed by atoms with van der Waals surface area (Å²) < 4.78 is 10.5. The third-order valence-electron chi connectivity index (χ3n) is 4.01. The maximum atomic E-state index is 12.2. The van der Waals surface area contributed by atoms with Gasteiger partial charge in [0.15, 0.2) is 0 Å². The number of amides is 2. The molecule has 0 spiro atoms. The predicted molar refractivity (Wildman–Crippen MR) is 100 cm³/mol. The van der Waals surface area contributed by atoms with Crippen LogP contribution < -0.4 is 10.1 Å². The number of nitrogens with zero attached hydrogens (tertiary/aromatic N) is 1. The van der Waals surface area contributed by atoms with Crippen LogP contribution >= 0.6 is 0 Å². The van der Waals surface area contributed by atoms with Crippen molar-refractivity contribution in [2.24, 2.45) is 0 Å². The monoisotopic (exact) mass is 396 g/mol. The Balaban J connectivity index is 0.00000243. The fourth-order valence-corrected chi connectivity index (χ4v) is 2.86. The van der Waals surface area contributed by atoms with Crippen LogP contribution in [-0.4, -0.2) is 49.3 Å². The third kappa shape index (κ3) is 4.71. The molecule has 1 N–H and O–H groups in total. The van der Waals surface area contributed by atoms with Gasteiger partial charge >= 0.3 is 150 Å². The zero-order valence-electron chi connectivity index (χ0n) is 14.9. The first-order chi connectivity index (χ1) is 12.2. The van der Waals surface area contributed by atoms with Crippen LogP contribution in [0.15, 0.2) is 36.4 Å². The largest absolute Gasteiger partial charge is 0.358 e. The molecule has 1 fully saturated rings. The molecule has 0 aromatic heterocycles. The summed E-state index contributed by atoms with van der Waals surface area (Å²) in [6.45, 7) is 2.38. The fraction of sp³-hybridized carbons (Fsp3) is 0.250. The molecule has 5 nitrogen and oxygen atoms in total. The number of rotatable bonds is 4. The average Bonchev–Trinajstić information content (AvgIpc) is 2.68. The molecule has 2 aromatic rings. The SMILES string of the molecule is COc1ccc(-c2[c-]cc(NC(=O)N3CCOCC3)cc2)c([CH]=[Ni])c1.[CH3-]. The summed E-state index contributed by atoms with van der Waals surface area (Å²) in [6, 6.07) is 14.4. The van der Waals surface area contributed by atoms with E-state index >= 15 is 0 Å². The van der Waals surface area contributed by atoms with Gasteiger partial charge in [-0.2, -0.15) is 0 Å². The Kier molecular flexibility index (Phi) is 7.37. The van der Waals surface area contributed by atoms with E-state index in [9.17, 15) is 4.79 Å². The molecule has 2 aromatic carbocycles. The van der Waals surface area contributed by atoms with E-state index in [1.807, 2.05) is 30.3 Å². The first-order valence-electron chi connectivity index (χ1n) is 7.95. The van der Waals surface area contributed by atoms with Crippen molar-refractivity contribution < 1.29 is 29.3 Å². The zero-order chi connectivity index (χ0) is 17.6. The Morgan fingerprint density at radius 1 is 1.31 bits per heavy atom. The van der Waals surface area contributed by atoms with Gasteiger partial charge in [-0.25, -0.2) is 0 Å². The van der Waals surface area contributed by atoms with Crippen molar-refractivity contribution in [1.29, 1.82) is 0 Å². The third-order valence-corrected chi connectivity index (χ3v) is 4.32. The van der Waals surface area contributed by atoms with Gasteiger partial charge in [0.05, 0.1) is 0 Å². The summed E-state index contributed by atoms with van der Waals surface area (Å²) in [4.78, 5) is 15.6. The van der Waals surface area contributed by atoms with E-state index in [4.69, 9.17) is 24.5 Å². The second-order valence-corrected chi connectivity index (χ2v) is 5.85. The van der Waals surface area contributed by atoms with Crippen LogP contribution in [0.5, 0.6) is 5.75 Å². The van der Waals surface area contributed by atoms with Crippen molar-refractivity contribution in [3.63, 3.8) is 0 Å². The van der Waals surface area contributed by atoms with Crippen LogP contribution in [-0.2, 0) is 19.8 Å². The Labute approximate surface area is 162 Å². The maximum absolute atomic E-state index is 12.2. The van der Waals surface area contributed by atoms with Gasteiger partial charge in [-0.15, -0.1) is 0 Å². The molecular formula is C20H22N2NiO3-2.